The molecule has 0 unspecified atom stereocenters. The zero-order valence-corrected chi connectivity index (χ0v) is 19.9. The van der Waals surface area contributed by atoms with Crippen LogP contribution in [0.2, 0.25) is 0 Å². The lowest BCUT2D eigenvalue weighted by Crippen LogP contribution is -2.41. The molecule has 2 saturated carbocycles. The predicted octanol–water partition coefficient (Wildman–Crippen LogP) is 4.26. The van der Waals surface area contributed by atoms with Gasteiger partial charge >= 0.3 is 0 Å². The van der Waals surface area contributed by atoms with Gasteiger partial charge in [0.05, 0.1) is 18.5 Å². The number of phenolic OH excluding ortho intramolecular Hbond substituents is 1. The fourth-order valence-electron chi connectivity index (χ4n) is 5.41. The van der Waals surface area contributed by atoms with E-state index in [1.54, 1.807) is 12.3 Å². The van der Waals surface area contributed by atoms with Crippen LogP contribution in [0.3, 0.4) is 0 Å². The van der Waals surface area contributed by atoms with Crippen LogP contribution in [0.15, 0.2) is 36.7 Å². The average Bonchev–Trinajstić information content (AvgIpc) is 3.73. The van der Waals surface area contributed by atoms with Gasteiger partial charge in [-0.2, -0.15) is 0 Å². The first-order chi connectivity index (χ1) is 17.2. The highest BCUT2D eigenvalue weighted by Gasteiger charge is 2.37. The lowest BCUT2D eigenvalue weighted by atomic mass is 10.0. The molecule has 0 amide bonds. The van der Waals surface area contributed by atoms with E-state index < -0.39 is 0 Å². The number of hydrogen-bond acceptors (Lipinski definition) is 8. The van der Waals surface area contributed by atoms with Crippen LogP contribution in [0.1, 0.15) is 57.1 Å². The highest BCUT2D eigenvalue weighted by Crippen LogP contribution is 2.37. The summed E-state index contributed by atoms with van der Waals surface area (Å²) in [6.45, 7) is 0.718. The third-order valence-corrected chi connectivity index (χ3v) is 7.40. The molecule has 3 aromatic rings. The molecular formula is C27H32N6O2. The van der Waals surface area contributed by atoms with Crippen molar-refractivity contribution < 1.29 is 9.84 Å². The Morgan fingerprint density at radius 3 is 2.60 bits per heavy atom. The van der Waals surface area contributed by atoms with Gasteiger partial charge in [-0.1, -0.05) is 18.9 Å². The Bertz CT molecular complexity index is 1200. The summed E-state index contributed by atoms with van der Waals surface area (Å²) in [7, 11) is 0. The number of nitrogens with two attached hydrogens (primary N) is 1. The maximum absolute atomic E-state index is 10.8. The number of hydrogen-bond donors (Lipinski definition) is 2. The van der Waals surface area contributed by atoms with Gasteiger partial charge in [0.2, 0.25) is 5.95 Å². The van der Waals surface area contributed by atoms with Gasteiger partial charge in [0.15, 0.2) is 0 Å². The van der Waals surface area contributed by atoms with Crippen molar-refractivity contribution in [2.24, 2.45) is 5.73 Å². The highest BCUT2D eigenvalue weighted by atomic mass is 16.5. The molecule has 2 aromatic heterocycles. The molecule has 2 atom stereocenters. The molecule has 8 nitrogen and oxygen atoms in total. The summed E-state index contributed by atoms with van der Waals surface area (Å²) in [5, 5.41) is 19.8. The zero-order valence-electron chi connectivity index (χ0n) is 19.9. The number of anilines is 1. The van der Waals surface area contributed by atoms with E-state index in [0.29, 0.717) is 29.3 Å². The first-order valence-electron chi connectivity index (χ1n) is 12.8. The topological polar surface area (TPSA) is 110 Å². The van der Waals surface area contributed by atoms with E-state index in [1.807, 2.05) is 24.4 Å². The van der Waals surface area contributed by atoms with E-state index in [0.717, 1.165) is 61.3 Å². The quantitative estimate of drug-likeness (QED) is 0.530. The molecule has 0 spiro atoms. The number of benzene rings is 1. The van der Waals surface area contributed by atoms with Crippen LogP contribution in [0.25, 0.3) is 22.4 Å². The Balaban J connectivity index is 1.24. The molecular weight excluding hydrogens is 440 g/mol. The van der Waals surface area contributed by atoms with Gasteiger partial charge in [-0.05, 0) is 68.7 Å². The van der Waals surface area contributed by atoms with Crippen molar-refractivity contribution in [3.63, 3.8) is 0 Å². The molecule has 0 saturated heterocycles. The predicted molar refractivity (Wildman–Crippen MR) is 134 cm³/mol. The van der Waals surface area contributed by atoms with Crippen molar-refractivity contribution in [2.45, 2.75) is 75.9 Å². The van der Waals surface area contributed by atoms with Crippen molar-refractivity contribution in [1.29, 1.82) is 0 Å². The van der Waals surface area contributed by atoms with Gasteiger partial charge in [0.1, 0.15) is 17.2 Å². The van der Waals surface area contributed by atoms with Gasteiger partial charge in [-0.25, -0.2) is 4.98 Å². The van der Waals surface area contributed by atoms with Gasteiger partial charge < -0.3 is 20.5 Å². The van der Waals surface area contributed by atoms with Gasteiger partial charge in [-0.15, -0.1) is 10.2 Å². The van der Waals surface area contributed by atoms with E-state index in [-0.39, 0.29) is 11.8 Å². The van der Waals surface area contributed by atoms with Gasteiger partial charge in [-0.3, -0.25) is 4.98 Å². The summed E-state index contributed by atoms with van der Waals surface area (Å²) in [6, 6.07) is 8.65. The molecule has 0 radical (unpaired) electrons. The van der Waals surface area contributed by atoms with E-state index >= 15 is 0 Å². The van der Waals surface area contributed by atoms with Crippen LogP contribution >= 0.6 is 0 Å². The monoisotopic (exact) mass is 472 g/mol. The minimum atomic E-state index is 0.138. The number of aromatic hydroxyl groups is 1. The van der Waals surface area contributed by atoms with Crippen molar-refractivity contribution in [3.05, 3.63) is 42.4 Å². The Kier molecular flexibility index (Phi) is 5.98. The summed E-state index contributed by atoms with van der Waals surface area (Å²) >= 11 is 0. The number of fused-ring (bicyclic) bond motifs is 1. The van der Waals surface area contributed by atoms with Crippen molar-refractivity contribution in [2.75, 3.05) is 11.5 Å². The Morgan fingerprint density at radius 2 is 1.80 bits per heavy atom. The largest absolute Gasteiger partial charge is 0.507 e. The molecule has 3 aliphatic rings. The van der Waals surface area contributed by atoms with E-state index in [1.165, 1.54) is 25.7 Å². The Morgan fingerprint density at radius 1 is 0.914 bits per heavy atom. The summed E-state index contributed by atoms with van der Waals surface area (Å²) in [4.78, 5) is 11.6. The molecule has 35 heavy (non-hydrogen) atoms. The normalized spacial score (nSPS) is 22.1. The second-order valence-electron chi connectivity index (χ2n) is 10.1. The molecule has 2 fully saturated rings. The number of aryl methyl sites for hydroxylation is 1. The smallest absolute Gasteiger partial charge is 0.245 e. The minimum Gasteiger partial charge on any atom is -0.507 e. The molecule has 3 heterocycles. The summed E-state index contributed by atoms with van der Waals surface area (Å²) in [5.74, 6) is 1.64. The number of rotatable bonds is 5. The zero-order chi connectivity index (χ0) is 23.8. The van der Waals surface area contributed by atoms with E-state index in [9.17, 15) is 5.11 Å². The average molecular weight is 473 g/mol. The Hall–Kier alpha value is -3.26. The number of nitrogens with zero attached hydrogens (tertiary/aromatic N) is 5. The van der Waals surface area contributed by atoms with Crippen molar-refractivity contribution in [1.82, 2.24) is 20.2 Å². The molecule has 6 rings (SSSR count). The minimum absolute atomic E-state index is 0.138. The van der Waals surface area contributed by atoms with Crippen LogP contribution in [0.4, 0.5) is 5.95 Å². The summed E-state index contributed by atoms with van der Waals surface area (Å²) < 4.78 is 5.75. The highest BCUT2D eigenvalue weighted by molar-refractivity contribution is 5.74. The molecule has 182 valence electrons. The lowest BCUT2D eigenvalue weighted by Gasteiger charge is -2.32. The SMILES string of the molecule is N[C@H]1CCCC[C@@H](N(c2ncc(-c3ccc(-c4cnc5c(c4)OCCC5)cc3O)nn2)C2CC2)C1. The number of aromatic nitrogens is 4. The van der Waals surface area contributed by atoms with Gasteiger partial charge in [0.25, 0.3) is 0 Å². The van der Waals surface area contributed by atoms with E-state index in [4.69, 9.17) is 15.5 Å². The Labute approximate surface area is 205 Å². The number of pyridine rings is 1. The second kappa shape index (κ2) is 9.41. The molecule has 3 N–H and O–H groups in total. The number of ether oxygens (including phenoxy) is 1. The van der Waals surface area contributed by atoms with E-state index in [2.05, 4.69) is 20.1 Å². The lowest BCUT2D eigenvalue weighted by molar-refractivity contribution is 0.285. The first-order valence-corrected chi connectivity index (χ1v) is 12.8. The fraction of sp³-hybridized carbons (Fsp3) is 0.481. The van der Waals surface area contributed by atoms with Crippen LogP contribution in [0.5, 0.6) is 11.5 Å². The van der Waals surface area contributed by atoms with Crippen molar-refractivity contribution in [3.8, 4) is 33.9 Å². The molecule has 1 aliphatic heterocycles. The molecule has 2 aliphatic carbocycles. The maximum Gasteiger partial charge on any atom is 0.245 e. The standard InChI is InChI=1S/C27H32N6O2/c28-19-4-1-2-5-21(14-19)33(20-8-9-20)27-30-16-24(31-32-27)22-10-7-17(12-25(22)34)18-13-26-23(29-15-18)6-3-11-35-26/h7,10,12-13,15-16,19-21,34H,1-6,8-9,11,14,28H2/t19-,21+/m0/s1. The molecule has 0 bridgehead atoms. The molecule has 1 aromatic carbocycles. The second-order valence-corrected chi connectivity index (χ2v) is 10.1. The van der Waals surface area contributed by atoms with Crippen LogP contribution in [-0.2, 0) is 6.42 Å². The number of phenols is 1. The third-order valence-electron chi connectivity index (χ3n) is 7.40. The summed E-state index contributed by atoms with van der Waals surface area (Å²) in [5.41, 5.74) is 10.3. The van der Waals surface area contributed by atoms with Crippen LogP contribution < -0.4 is 15.4 Å². The first kappa shape index (κ1) is 22.2. The maximum atomic E-state index is 10.8. The van der Waals surface area contributed by atoms with Crippen molar-refractivity contribution >= 4 is 5.95 Å². The van der Waals surface area contributed by atoms with Crippen LogP contribution in [0, 0.1) is 0 Å². The van der Waals surface area contributed by atoms with Crippen LogP contribution in [-0.4, -0.2) is 50.0 Å². The fourth-order valence-corrected chi connectivity index (χ4v) is 5.41. The molecule has 8 heteroatoms. The summed E-state index contributed by atoms with van der Waals surface area (Å²) in [6.07, 6.45) is 13.4. The third kappa shape index (κ3) is 4.67. The van der Waals surface area contributed by atoms with Gasteiger partial charge in [0, 0.05) is 35.4 Å².